The zero-order valence-electron chi connectivity index (χ0n) is 13.7. The molecule has 0 aromatic heterocycles. The van der Waals surface area contributed by atoms with Crippen LogP contribution in [-0.2, 0) is 9.47 Å². The summed E-state index contributed by atoms with van der Waals surface area (Å²) in [6.45, 7) is 6.53. The molecule has 0 saturated carbocycles. The Labute approximate surface area is 144 Å². The van der Waals surface area contributed by atoms with Crippen molar-refractivity contribution in [2.75, 3.05) is 30.1 Å². The van der Waals surface area contributed by atoms with Gasteiger partial charge in [-0.1, -0.05) is 29.8 Å². The number of halogens is 1. The van der Waals surface area contributed by atoms with Crippen LogP contribution in [0.1, 0.15) is 20.8 Å². The number of carbonyl (C=O) groups excluding carboxylic acids is 2. The molecule has 2 rings (SSSR count). The molecule has 1 heterocycles. The Morgan fingerprint density at radius 1 is 1.30 bits per heavy atom. The Bertz CT molecular complexity index is 606. The molecule has 1 aliphatic heterocycles. The lowest BCUT2D eigenvalue weighted by Crippen LogP contribution is -2.52. The van der Waals surface area contributed by atoms with Crippen molar-refractivity contribution in [2.45, 2.75) is 26.8 Å². The van der Waals surface area contributed by atoms with Gasteiger partial charge >= 0.3 is 12.2 Å². The molecule has 6 nitrogen and oxygen atoms in total. The van der Waals surface area contributed by atoms with Crippen molar-refractivity contribution >= 4 is 39.5 Å². The third-order valence-electron chi connectivity index (χ3n) is 3.51. The number of anilines is 2. The monoisotopic (exact) mass is 384 g/mol. The average molecular weight is 385 g/mol. The van der Waals surface area contributed by atoms with Gasteiger partial charge in [0.2, 0.25) is 0 Å². The fourth-order valence-corrected chi connectivity index (χ4v) is 2.81. The van der Waals surface area contributed by atoms with Crippen molar-refractivity contribution in [1.29, 1.82) is 0 Å². The lowest BCUT2D eigenvalue weighted by Gasteiger charge is -2.39. The zero-order valence-corrected chi connectivity index (χ0v) is 15.3. The Kier molecular flexibility index (Phi) is 5.51. The number of fused-ring (bicyclic) bond motifs is 1. The normalized spacial score (nSPS) is 17.0. The minimum atomic E-state index is -0.448. The van der Waals surface area contributed by atoms with E-state index in [0.29, 0.717) is 24.5 Å². The SMILES string of the molecule is COC(=O)N1c2ccc(Br)cc2N(C(=O)OCC(C)C)CC1C. The van der Waals surface area contributed by atoms with Crippen LogP contribution in [0.2, 0.25) is 0 Å². The van der Waals surface area contributed by atoms with Crippen LogP contribution < -0.4 is 9.80 Å². The van der Waals surface area contributed by atoms with E-state index in [1.165, 1.54) is 7.11 Å². The molecular formula is C16H21BrN2O4. The summed E-state index contributed by atoms with van der Waals surface area (Å²) in [7, 11) is 1.34. The van der Waals surface area contributed by atoms with E-state index in [1.807, 2.05) is 26.8 Å². The number of amides is 2. The molecule has 2 amide bonds. The standard InChI is InChI=1S/C16H21BrN2O4/c1-10(2)9-23-15(20)18-8-11(3)19(16(21)22-4)13-6-5-12(17)7-14(13)18/h5-7,10-11H,8-9H2,1-4H3. The van der Waals surface area contributed by atoms with E-state index in [-0.39, 0.29) is 12.0 Å². The Balaban J connectivity index is 2.38. The number of hydrogen-bond donors (Lipinski definition) is 0. The number of benzene rings is 1. The Hall–Kier alpha value is -1.76. The maximum Gasteiger partial charge on any atom is 0.414 e. The first-order valence-electron chi connectivity index (χ1n) is 7.46. The van der Waals surface area contributed by atoms with Crippen LogP contribution in [0.25, 0.3) is 0 Å². The summed E-state index contributed by atoms with van der Waals surface area (Å²) in [5.74, 6) is 0.259. The number of carbonyl (C=O) groups is 2. The van der Waals surface area contributed by atoms with E-state index in [2.05, 4.69) is 15.9 Å². The molecule has 126 valence electrons. The lowest BCUT2D eigenvalue weighted by atomic mass is 10.1. The number of nitrogens with zero attached hydrogens (tertiary/aromatic N) is 2. The first-order chi connectivity index (χ1) is 10.8. The molecule has 23 heavy (non-hydrogen) atoms. The van der Waals surface area contributed by atoms with Gasteiger partial charge < -0.3 is 9.47 Å². The molecule has 0 spiro atoms. The van der Waals surface area contributed by atoms with Crippen LogP contribution in [0.15, 0.2) is 22.7 Å². The van der Waals surface area contributed by atoms with E-state index < -0.39 is 12.2 Å². The molecule has 0 aliphatic carbocycles. The summed E-state index contributed by atoms with van der Waals surface area (Å²) >= 11 is 3.40. The number of hydrogen-bond acceptors (Lipinski definition) is 4. The van der Waals surface area contributed by atoms with Gasteiger partial charge in [0.05, 0.1) is 37.7 Å². The predicted molar refractivity (Wildman–Crippen MR) is 92.0 cm³/mol. The van der Waals surface area contributed by atoms with Gasteiger partial charge in [0.25, 0.3) is 0 Å². The number of ether oxygens (including phenoxy) is 2. The summed E-state index contributed by atoms with van der Waals surface area (Å²) in [4.78, 5) is 27.6. The number of rotatable bonds is 2. The van der Waals surface area contributed by atoms with Gasteiger partial charge in [0, 0.05) is 4.47 Å². The molecule has 0 N–H and O–H groups in total. The molecule has 0 radical (unpaired) electrons. The fraction of sp³-hybridized carbons (Fsp3) is 0.500. The highest BCUT2D eigenvalue weighted by molar-refractivity contribution is 9.10. The van der Waals surface area contributed by atoms with E-state index in [1.54, 1.807) is 21.9 Å². The predicted octanol–water partition coefficient (Wildman–Crippen LogP) is 4.02. The van der Waals surface area contributed by atoms with Crippen molar-refractivity contribution in [2.24, 2.45) is 5.92 Å². The zero-order chi connectivity index (χ0) is 17.1. The van der Waals surface area contributed by atoms with Crippen molar-refractivity contribution in [3.63, 3.8) is 0 Å². The first-order valence-corrected chi connectivity index (χ1v) is 8.25. The third-order valence-corrected chi connectivity index (χ3v) is 4.00. The molecule has 1 aromatic carbocycles. The number of methoxy groups -OCH3 is 1. The summed E-state index contributed by atoms with van der Waals surface area (Å²) in [5, 5.41) is 0. The van der Waals surface area contributed by atoms with Crippen LogP contribution in [-0.4, -0.2) is 38.5 Å². The minimum absolute atomic E-state index is 0.220. The van der Waals surface area contributed by atoms with Crippen LogP contribution in [0.4, 0.5) is 21.0 Å². The molecule has 1 aromatic rings. The first kappa shape index (κ1) is 17.6. The van der Waals surface area contributed by atoms with E-state index in [4.69, 9.17) is 9.47 Å². The highest BCUT2D eigenvalue weighted by Crippen LogP contribution is 2.38. The summed E-state index contributed by atoms with van der Waals surface area (Å²) in [6, 6.07) is 5.19. The summed E-state index contributed by atoms with van der Waals surface area (Å²) in [5.41, 5.74) is 1.25. The highest BCUT2D eigenvalue weighted by Gasteiger charge is 2.36. The van der Waals surface area contributed by atoms with Crippen molar-refractivity contribution in [3.05, 3.63) is 22.7 Å². The fourth-order valence-electron chi connectivity index (χ4n) is 2.46. The van der Waals surface area contributed by atoms with E-state index in [9.17, 15) is 9.59 Å². The molecule has 1 aliphatic rings. The van der Waals surface area contributed by atoms with Crippen LogP contribution in [0.5, 0.6) is 0 Å². The van der Waals surface area contributed by atoms with Gasteiger partial charge in [0.1, 0.15) is 0 Å². The molecule has 1 atom stereocenters. The highest BCUT2D eigenvalue weighted by atomic mass is 79.9. The van der Waals surface area contributed by atoms with Crippen LogP contribution >= 0.6 is 15.9 Å². The maximum absolute atomic E-state index is 12.4. The molecule has 1 unspecified atom stereocenters. The quantitative estimate of drug-likeness (QED) is 0.772. The maximum atomic E-state index is 12.4. The van der Waals surface area contributed by atoms with Gasteiger partial charge in [-0.05, 0) is 31.0 Å². The molecule has 0 fully saturated rings. The third kappa shape index (κ3) is 3.77. The largest absolute Gasteiger partial charge is 0.452 e. The van der Waals surface area contributed by atoms with Crippen LogP contribution in [0, 0.1) is 5.92 Å². The van der Waals surface area contributed by atoms with Gasteiger partial charge in [-0.25, -0.2) is 9.59 Å². The van der Waals surface area contributed by atoms with E-state index >= 15 is 0 Å². The van der Waals surface area contributed by atoms with Gasteiger partial charge in [0.15, 0.2) is 0 Å². The lowest BCUT2D eigenvalue weighted by molar-refractivity contribution is 0.139. The Morgan fingerprint density at radius 3 is 2.61 bits per heavy atom. The Morgan fingerprint density at radius 2 is 2.00 bits per heavy atom. The summed E-state index contributed by atoms with van der Waals surface area (Å²) in [6.07, 6.45) is -0.856. The topological polar surface area (TPSA) is 59.1 Å². The van der Waals surface area contributed by atoms with Gasteiger partial charge in [-0.2, -0.15) is 0 Å². The van der Waals surface area contributed by atoms with E-state index in [0.717, 1.165) is 4.47 Å². The van der Waals surface area contributed by atoms with Crippen molar-refractivity contribution in [3.8, 4) is 0 Å². The van der Waals surface area contributed by atoms with Crippen molar-refractivity contribution < 1.29 is 19.1 Å². The second-order valence-electron chi connectivity index (χ2n) is 5.90. The van der Waals surface area contributed by atoms with Crippen LogP contribution in [0.3, 0.4) is 0 Å². The second kappa shape index (κ2) is 7.21. The summed E-state index contributed by atoms with van der Waals surface area (Å²) < 4.78 is 11.0. The van der Waals surface area contributed by atoms with Gasteiger partial charge in [-0.3, -0.25) is 9.80 Å². The molecule has 0 bridgehead atoms. The smallest absolute Gasteiger partial charge is 0.414 e. The van der Waals surface area contributed by atoms with Gasteiger partial charge in [-0.15, -0.1) is 0 Å². The molecular weight excluding hydrogens is 364 g/mol. The van der Waals surface area contributed by atoms with Crippen molar-refractivity contribution in [1.82, 2.24) is 0 Å². The second-order valence-corrected chi connectivity index (χ2v) is 6.82. The molecule has 0 saturated heterocycles. The minimum Gasteiger partial charge on any atom is -0.452 e. The molecule has 7 heteroatoms. The average Bonchev–Trinajstić information content (AvgIpc) is 2.51.